The van der Waals surface area contributed by atoms with E-state index in [4.69, 9.17) is 25.8 Å². The molecule has 45 heavy (non-hydrogen) atoms. The number of halogens is 1. The number of aliphatic hydroxyl groups excluding tert-OH is 1. The first-order valence-corrected chi connectivity index (χ1v) is 16.0. The smallest absolute Gasteiger partial charge is 0.231 e. The number of amides is 1. The van der Waals surface area contributed by atoms with Gasteiger partial charge in [-0.1, -0.05) is 42.8 Å². The predicted molar refractivity (Wildman–Crippen MR) is 171 cm³/mol. The number of hydrogen-bond donors (Lipinski definition) is 3. The summed E-state index contributed by atoms with van der Waals surface area (Å²) in [7, 11) is 2.81. The minimum Gasteiger partial charge on any atom is -0.508 e. The van der Waals surface area contributed by atoms with Gasteiger partial charge in [0.05, 0.1) is 14.2 Å². The summed E-state index contributed by atoms with van der Waals surface area (Å²) >= 11 is 8.12. The quantitative estimate of drug-likeness (QED) is 0.224. The number of aliphatic hydroxyl groups is 1. The average Bonchev–Trinajstić information content (AvgIpc) is 3.35. The van der Waals surface area contributed by atoms with Crippen LogP contribution in [0.1, 0.15) is 47.2 Å². The number of methoxy groups -OCH3 is 2. The van der Waals surface area contributed by atoms with Crippen molar-refractivity contribution >= 4 is 40.8 Å². The molecule has 0 radical (unpaired) electrons. The highest BCUT2D eigenvalue weighted by atomic mass is 35.5. The third kappa shape index (κ3) is 5.84. The molecule has 0 fully saturated rings. The third-order valence-corrected chi connectivity index (χ3v) is 9.54. The van der Waals surface area contributed by atoms with Crippen LogP contribution in [-0.2, 0) is 16.0 Å². The van der Waals surface area contributed by atoms with E-state index in [0.29, 0.717) is 18.5 Å². The number of aromatic hydroxyl groups is 1. The topological polar surface area (TPSA) is 131 Å². The van der Waals surface area contributed by atoms with Gasteiger partial charge < -0.3 is 29.7 Å². The zero-order chi connectivity index (χ0) is 32.5. The van der Waals surface area contributed by atoms with Crippen LogP contribution >= 0.6 is 23.4 Å². The lowest BCUT2D eigenvalue weighted by Crippen LogP contribution is -2.53. The highest BCUT2D eigenvalue weighted by Gasteiger charge is 2.61. The third-order valence-electron chi connectivity index (χ3n) is 8.44. The van der Waals surface area contributed by atoms with Crippen molar-refractivity contribution in [1.82, 2.24) is 5.32 Å². The molecule has 1 aliphatic carbocycles. The van der Waals surface area contributed by atoms with Crippen molar-refractivity contribution in [2.75, 3.05) is 27.0 Å². The molecule has 1 amide bonds. The summed E-state index contributed by atoms with van der Waals surface area (Å²) in [6.45, 7) is 1.98. The molecule has 1 unspecified atom stereocenters. The second-order valence-corrected chi connectivity index (χ2v) is 12.3. The zero-order valence-corrected chi connectivity index (χ0v) is 26.9. The minimum absolute atomic E-state index is 0.00203. The maximum atomic E-state index is 14.2. The molecule has 3 atom stereocenters. The Bertz CT molecular complexity index is 1670. The molecule has 0 saturated carbocycles. The van der Waals surface area contributed by atoms with E-state index in [2.05, 4.69) is 5.32 Å². The molecule has 1 aliphatic heterocycles. The molecular formula is C34H34ClNO8S. The van der Waals surface area contributed by atoms with Gasteiger partial charge in [0, 0.05) is 47.8 Å². The first-order chi connectivity index (χ1) is 21.5. The lowest BCUT2D eigenvalue weighted by molar-refractivity contribution is -0.121. The van der Waals surface area contributed by atoms with E-state index < -0.39 is 29.0 Å². The molecule has 0 saturated heterocycles. The normalized spacial score (nSPS) is 19.7. The fraction of sp³-hybridized carbons (Fsp3) is 0.324. The van der Waals surface area contributed by atoms with E-state index in [1.165, 1.54) is 20.3 Å². The number of phenols is 1. The Kier molecular flexibility index (Phi) is 9.36. The Morgan fingerprint density at radius 2 is 1.76 bits per heavy atom. The van der Waals surface area contributed by atoms with Gasteiger partial charge in [-0.3, -0.25) is 14.4 Å². The van der Waals surface area contributed by atoms with E-state index in [-0.39, 0.29) is 63.7 Å². The number of Topliss-reactive ketones (excluding diaryl/α,β-unsaturated/α-hetero) is 2. The summed E-state index contributed by atoms with van der Waals surface area (Å²) in [5.74, 6) is -2.98. The fourth-order valence-corrected chi connectivity index (χ4v) is 6.70. The number of fused-ring (bicyclic) bond motifs is 1. The molecule has 11 heteroatoms. The maximum Gasteiger partial charge on any atom is 0.231 e. The number of ether oxygens (including phenoxy) is 3. The van der Waals surface area contributed by atoms with E-state index >= 15 is 0 Å². The summed E-state index contributed by atoms with van der Waals surface area (Å²) in [5.41, 5.74) is -0.411. The molecule has 3 aromatic carbocycles. The first-order valence-electron chi connectivity index (χ1n) is 14.4. The number of ketones is 2. The largest absolute Gasteiger partial charge is 0.508 e. The molecule has 236 valence electrons. The lowest BCUT2D eigenvalue weighted by Gasteiger charge is -2.38. The number of benzene rings is 3. The summed E-state index contributed by atoms with van der Waals surface area (Å²) in [6, 6.07) is 15.6. The summed E-state index contributed by atoms with van der Waals surface area (Å²) in [5, 5.41) is 24.5. The molecule has 3 N–H and O–H groups in total. The lowest BCUT2D eigenvalue weighted by atomic mass is 9.69. The van der Waals surface area contributed by atoms with Crippen molar-refractivity contribution in [3.63, 3.8) is 0 Å². The van der Waals surface area contributed by atoms with Crippen LogP contribution in [0.5, 0.6) is 23.0 Å². The molecule has 1 spiro atoms. The van der Waals surface area contributed by atoms with E-state index in [9.17, 15) is 24.6 Å². The number of hydrogen-bond acceptors (Lipinski definition) is 9. The molecule has 1 heterocycles. The molecule has 0 bridgehead atoms. The summed E-state index contributed by atoms with van der Waals surface area (Å²) < 4.78 is 17.1. The molecule has 2 aliphatic rings. The van der Waals surface area contributed by atoms with Crippen LogP contribution in [-0.4, -0.2) is 60.3 Å². The van der Waals surface area contributed by atoms with Gasteiger partial charge >= 0.3 is 0 Å². The van der Waals surface area contributed by atoms with E-state index in [1.807, 2.05) is 30.5 Å². The van der Waals surface area contributed by atoms with Gasteiger partial charge in [-0.2, -0.15) is 0 Å². The van der Waals surface area contributed by atoms with Crippen LogP contribution < -0.4 is 19.5 Å². The highest BCUT2D eigenvalue weighted by Crippen LogP contribution is 2.55. The zero-order valence-electron chi connectivity index (χ0n) is 25.3. The monoisotopic (exact) mass is 651 g/mol. The van der Waals surface area contributed by atoms with Crippen molar-refractivity contribution < 1.29 is 38.8 Å². The average molecular weight is 652 g/mol. The van der Waals surface area contributed by atoms with Crippen molar-refractivity contribution in [2.24, 2.45) is 5.92 Å². The van der Waals surface area contributed by atoms with Gasteiger partial charge in [0.2, 0.25) is 17.3 Å². The predicted octanol–water partition coefficient (Wildman–Crippen LogP) is 6.05. The Morgan fingerprint density at radius 1 is 1.09 bits per heavy atom. The fourth-order valence-electron chi connectivity index (χ4n) is 6.03. The van der Waals surface area contributed by atoms with Crippen molar-refractivity contribution in [3.8, 4) is 23.0 Å². The van der Waals surface area contributed by atoms with Gasteiger partial charge in [-0.15, -0.1) is 11.8 Å². The maximum absolute atomic E-state index is 14.2. The number of rotatable bonds is 10. The molecule has 0 aromatic heterocycles. The molecular weight excluding hydrogens is 618 g/mol. The van der Waals surface area contributed by atoms with Crippen molar-refractivity contribution in [3.05, 3.63) is 87.6 Å². The van der Waals surface area contributed by atoms with Crippen LogP contribution in [0.4, 0.5) is 0 Å². The number of nitrogens with one attached hydrogen (secondary N) is 1. The number of carbonyl (C=O) groups excluding carboxylic acids is 3. The summed E-state index contributed by atoms with van der Waals surface area (Å²) in [4.78, 5) is 42.3. The van der Waals surface area contributed by atoms with Gasteiger partial charge in [-0.25, -0.2) is 0 Å². The standard InChI is InChI=1S/C34H34ClNO8S/c1-18-15-24(38)28(32(40)34(18)33(41)29-25(42-2)17-26(43-3)30(35)31(29)44-34)23(20-7-11-22(45-4)12-8-20)16-27(39)36-14-13-19-5-9-21(37)10-6-19/h5-12,17-18,23,37,40H,13-16H2,1-4H3,(H,36,39)/t18-,23?,34+/m1/s1. The Balaban J connectivity index is 1.54. The molecule has 5 rings (SSSR count). The van der Waals surface area contributed by atoms with Crippen molar-refractivity contribution in [2.45, 2.75) is 42.6 Å². The van der Waals surface area contributed by atoms with E-state index in [1.54, 1.807) is 43.0 Å². The summed E-state index contributed by atoms with van der Waals surface area (Å²) in [6.07, 6.45) is 2.19. The van der Waals surface area contributed by atoms with Crippen LogP contribution in [0.25, 0.3) is 0 Å². The molecule has 3 aromatic rings. The van der Waals surface area contributed by atoms with Gasteiger partial charge in [0.25, 0.3) is 0 Å². The van der Waals surface area contributed by atoms with Crippen LogP contribution in [0.3, 0.4) is 0 Å². The number of carbonyl (C=O) groups is 3. The Morgan fingerprint density at radius 3 is 2.38 bits per heavy atom. The number of phenolic OH excluding ortho intramolecular Hbond substituents is 1. The highest BCUT2D eigenvalue weighted by molar-refractivity contribution is 7.98. The van der Waals surface area contributed by atoms with Gasteiger partial charge in [0.15, 0.2) is 17.3 Å². The second kappa shape index (κ2) is 13.1. The molecule has 9 nitrogen and oxygen atoms in total. The number of thioether (sulfide) groups is 1. The second-order valence-electron chi connectivity index (χ2n) is 11.1. The minimum atomic E-state index is -1.96. The van der Waals surface area contributed by atoms with Gasteiger partial charge in [-0.05, 0) is 48.1 Å². The van der Waals surface area contributed by atoms with Crippen LogP contribution in [0.2, 0.25) is 5.02 Å². The van der Waals surface area contributed by atoms with Crippen molar-refractivity contribution in [1.29, 1.82) is 0 Å². The Labute approximate surface area is 270 Å². The van der Waals surface area contributed by atoms with E-state index in [0.717, 1.165) is 10.5 Å². The number of allylic oxidation sites excluding steroid dienone is 1. The van der Waals surface area contributed by atoms with Crippen LogP contribution in [0.15, 0.2) is 70.8 Å². The SMILES string of the molecule is COc1cc(OC)c2c(c1Cl)O[C@]1(C2=O)C(O)=C(C(CC(=O)NCCc2ccc(O)cc2)c2ccc(SC)cc2)C(=O)C[C@H]1C. The Hall–Kier alpha value is -4.15. The van der Waals surface area contributed by atoms with Crippen LogP contribution in [0, 0.1) is 5.92 Å². The first kappa shape index (κ1) is 32.2. The van der Waals surface area contributed by atoms with Gasteiger partial charge in [0.1, 0.15) is 27.8 Å².